The normalized spacial score (nSPS) is 11.4. The molecule has 0 heterocycles. The highest BCUT2D eigenvalue weighted by molar-refractivity contribution is 8.93. The van der Waals surface area contributed by atoms with Crippen LogP contribution in [0, 0.1) is 0 Å². The van der Waals surface area contributed by atoms with Gasteiger partial charge in [0.2, 0.25) is 0 Å². The van der Waals surface area contributed by atoms with Gasteiger partial charge in [-0.25, -0.2) is 0 Å². The first-order valence-electron chi connectivity index (χ1n) is 9.59. The van der Waals surface area contributed by atoms with Crippen LogP contribution in [0.1, 0.15) is 98.3 Å². The van der Waals surface area contributed by atoms with Crippen molar-refractivity contribution >= 4 is 24.2 Å². The summed E-state index contributed by atoms with van der Waals surface area (Å²) in [4.78, 5) is 0. The molecule has 0 saturated heterocycles. The van der Waals surface area contributed by atoms with Gasteiger partial charge in [-0.3, -0.25) is 0 Å². The Balaban J connectivity index is 0. The van der Waals surface area contributed by atoms with Crippen LogP contribution in [-0.4, -0.2) is 24.6 Å². The van der Waals surface area contributed by atoms with Crippen molar-refractivity contribution < 1.29 is 0 Å². The van der Waals surface area contributed by atoms with Crippen LogP contribution in [0.3, 0.4) is 0 Å². The molecule has 0 aliphatic heterocycles. The third-order valence-corrected chi connectivity index (χ3v) is 9.75. The van der Waals surface area contributed by atoms with Gasteiger partial charge < -0.3 is 0 Å². The maximum Gasteiger partial charge on any atom is 0.0594 e. The zero-order valence-electron chi connectivity index (χ0n) is 15.5. The highest BCUT2D eigenvalue weighted by atomic mass is 79.9. The Labute approximate surface area is 147 Å². The molecule has 0 radical (unpaired) electrons. The van der Waals surface area contributed by atoms with Crippen LogP contribution < -0.4 is 0 Å². The van der Waals surface area contributed by atoms with Gasteiger partial charge in [-0.1, -0.05) is 66.2 Å². The Kier molecular flexibility index (Phi) is 19.9. The largest absolute Gasteiger partial charge is 0.114 e. The first-order valence-corrected chi connectivity index (χ1v) is 12.1. The monoisotopic (exact) mass is 381 g/mol. The van der Waals surface area contributed by atoms with E-state index in [4.69, 9.17) is 0 Å². The zero-order valence-corrected chi connectivity index (χ0v) is 18.1. The molecule has 0 atom stereocenters. The average molecular weight is 382 g/mol. The van der Waals surface area contributed by atoms with Crippen LogP contribution in [0.25, 0.3) is 0 Å². The fourth-order valence-electron chi connectivity index (χ4n) is 3.20. The van der Waals surface area contributed by atoms with Gasteiger partial charge in [-0.2, -0.15) is 0 Å². The number of halogens is 1. The molecule has 0 spiro atoms. The van der Waals surface area contributed by atoms with Crippen LogP contribution in [0.15, 0.2) is 0 Å². The summed E-state index contributed by atoms with van der Waals surface area (Å²) in [7, 11) is -0.594. The third kappa shape index (κ3) is 13.1. The van der Waals surface area contributed by atoms with Gasteiger partial charge in [0.25, 0.3) is 0 Å². The third-order valence-electron chi connectivity index (χ3n) is 4.69. The van der Waals surface area contributed by atoms with E-state index in [0.717, 1.165) is 0 Å². The Morgan fingerprint density at radius 2 is 0.762 bits per heavy atom. The van der Waals surface area contributed by atoms with Crippen LogP contribution in [0.2, 0.25) is 0 Å². The van der Waals surface area contributed by atoms with Crippen molar-refractivity contribution in [2.24, 2.45) is 0 Å². The van der Waals surface area contributed by atoms with Gasteiger partial charge >= 0.3 is 0 Å². The van der Waals surface area contributed by atoms with E-state index in [1.807, 2.05) is 0 Å². The number of unbranched alkanes of at least 4 members (excludes halogenated alkanes) is 7. The lowest BCUT2D eigenvalue weighted by atomic mass is 10.2. The van der Waals surface area contributed by atoms with Crippen molar-refractivity contribution in [3.8, 4) is 0 Å². The Hall–Kier alpha value is 0.910. The molecule has 0 aliphatic carbocycles. The summed E-state index contributed by atoms with van der Waals surface area (Å²) in [6.45, 7) is 9.43. The number of rotatable bonds is 15. The van der Waals surface area contributed by atoms with Crippen molar-refractivity contribution in [2.45, 2.75) is 98.3 Å². The minimum Gasteiger partial charge on any atom is -0.114 e. The van der Waals surface area contributed by atoms with Crippen LogP contribution in [0.5, 0.6) is 0 Å². The number of hydrogen-bond acceptors (Lipinski definition) is 0. The molecule has 0 amide bonds. The van der Waals surface area contributed by atoms with Gasteiger partial charge in [-0.15, -0.1) is 17.0 Å². The first-order chi connectivity index (χ1) is 9.74. The van der Waals surface area contributed by atoms with Gasteiger partial charge in [0.05, 0.1) is 24.6 Å². The van der Waals surface area contributed by atoms with E-state index in [9.17, 15) is 0 Å². The molecule has 0 fully saturated rings. The summed E-state index contributed by atoms with van der Waals surface area (Å²) < 4.78 is 0. The predicted molar refractivity (Wildman–Crippen MR) is 110 cm³/mol. The highest BCUT2D eigenvalue weighted by Crippen LogP contribution is 2.61. The SMILES string of the molecule is Br.CCCCCCC[P+](CCCC)(CCCC)CCCC. The van der Waals surface area contributed by atoms with Gasteiger partial charge in [-0.05, 0) is 32.1 Å². The second-order valence-corrected chi connectivity index (χ2v) is 11.2. The zero-order chi connectivity index (χ0) is 15.1. The van der Waals surface area contributed by atoms with Crippen LogP contribution in [0.4, 0.5) is 0 Å². The molecule has 0 nitrogen and oxygen atoms in total. The van der Waals surface area contributed by atoms with E-state index in [1.54, 1.807) is 24.6 Å². The summed E-state index contributed by atoms with van der Waals surface area (Å²) >= 11 is 0. The molecule has 130 valence electrons. The molecular weight excluding hydrogens is 339 g/mol. The Bertz CT molecular complexity index is 172. The van der Waals surface area contributed by atoms with E-state index >= 15 is 0 Å². The number of hydrogen-bond donors (Lipinski definition) is 0. The summed E-state index contributed by atoms with van der Waals surface area (Å²) in [6, 6.07) is 0. The van der Waals surface area contributed by atoms with E-state index in [2.05, 4.69) is 27.7 Å². The standard InChI is InChI=1S/C19H42P.BrH/c1-5-9-13-14-15-19-20(16-10-6-2,17-11-7-3)18-12-8-4;/h5-19H2,1-4H3;1H/q+1;. The molecular formula is C19H43BrP+. The van der Waals surface area contributed by atoms with Crippen molar-refractivity contribution in [3.05, 3.63) is 0 Å². The molecule has 0 rings (SSSR count). The molecule has 0 aromatic heterocycles. The fraction of sp³-hybridized carbons (Fsp3) is 1.00. The lowest BCUT2D eigenvalue weighted by molar-refractivity contribution is 0.655. The molecule has 2 heteroatoms. The van der Waals surface area contributed by atoms with Crippen molar-refractivity contribution in [2.75, 3.05) is 24.6 Å². The quantitative estimate of drug-likeness (QED) is 0.199. The first kappa shape index (κ1) is 24.2. The molecule has 0 bridgehead atoms. The van der Waals surface area contributed by atoms with E-state index in [0.29, 0.717) is 0 Å². The van der Waals surface area contributed by atoms with Crippen LogP contribution in [-0.2, 0) is 0 Å². The maximum atomic E-state index is 2.37. The lowest BCUT2D eigenvalue weighted by Crippen LogP contribution is -2.13. The van der Waals surface area contributed by atoms with Gasteiger partial charge in [0, 0.05) is 7.26 Å². The molecule has 0 aromatic rings. The fourth-order valence-corrected chi connectivity index (χ4v) is 8.40. The van der Waals surface area contributed by atoms with Gasteiger partial charge in [0.1, 0.15) is 0 Å². The van der Waals surface area contributed by atoms with E-state index in [1.165, 1.54) is 70.6 Å². The smallest absolute Gasteiger partial charge is 0.0594 e. The topological polar surface area (TPSA) is 0 Å². The Morgan fingerprint density at radius 1 is 0.429 bits per heavy atom. The minimum atomic E-state index is -0.594. The van der Waals surface area contributed by atoms with Crippen LogP contribution >= 0.6 is 24.2 Å². The van der Waals surface area contributed by atoms with Crippen molar-refractivity contribution in [1.29, 1.82) is 0 Å². The van der Waals surface area contributed by atoms with Gasteiger partial charge in [0.15, 0.2) is 0 Å². The molecule has 0 saturated carbocycles. The van der Waals surface area contributed by atoms with Crippen molar-refractivity contribution in [1.82, 2.24) is 0 Å². The van der Waals surface area contributed by atoms with E-state index < -0.39 is 7.26 Å². The average Bonchev–Trinajstić information content (AvgIpc) is 2.48. The summed E-state index contributed by atoms with van der Waals surface area (Å²) in [5.41, 5.74) is 0. The molecule has 0 unspecified atom stereocenters. The highest BCUT2D eigenvalue weighted by Gasteiger charge is 2.34. The second kappa shape index (κ2) is 17.3. The summed E-state index contributed by atoms with van der Waals surface area (Å²) in [5.74, 6) is 0. The molecule has 0 aromatic carbocycles. The van der Waals surface area contributed by atoms with Crippen molar-refractivity contribution in [3.63, 3.8) is 0 Å². The molecule has 0 aliphatic rings. The predicted octanol–water partition coefficient (Wildman–Crippen LogP) is 7.95. The Morgan fingerprint density at radius 3 is 1.14 bits per heavy atom. The summed E-state index contributed by atoms with van der Waals surface area (Å²) in [5, 5.41) is 0. The summed E-state index contributed by atoms with van der Waals surface area (Å²) in [6.07, 6.45) is 22.5. The molecule has 0 N–H and O–H groups in total. The van der Waals surface area contributed by atoms with E-state index in [-0.39, 0.29) is 17.0 Å². The maximum absolute atomic E-state index is 2.37. The molecule has 21 heavy (non-hydrogen) atoms. The second-order valence-electron chi connectivity index (χ2n) is 6.71. The lowest BCUT2D eigenvalue weighted by Gasteiger charge is -2.28. The minimum absolute atomic E-state index is 0.